The zero-order valence-corrected chi connectivity index (χ0v) is 8.51. The van der Waals surface area contributed by atoms with Crippen molar-refractivity contribution in [2.24, 2.45) is 0 Å². The molecule has 0 aliphatic heterocycles. The highest BCUT2D eigenvalue weighted by molar-refractivity contribution is 5.62. The number of hydroxylamine groups is 2. The van der Waals surface area contributed by atoms with E-state index in [-0.39, 0.29) is 0 Å². The predicted molar refractivity (Wildman–Crippen MR) is 57.3 cm³/mol. The Hall–Kier alpha value is -1.65. The van der Waals surface area contributed by atoms with Crippen molar-refractivity contribution >= 4 is 0 Å². The molecule has 2 N–H and O–H groups in total. The van der Waals surface area contributed by atoms with Gasteiger partial charge in [-0.15, -0.1) is 0 Å². The van der Waals surface area contributed by atoms with Crippen LogP contribution < -0.4 is 0 Å². The maximum absolute atomic E-state index is 9.19. The van der Waals surface area contributed by atoms with Crippen LogP contribution in [0.2, 0.25) is 0 Å². The van der Waals surface area contributed by atoms with Gasteiger partial charge in [-0.05, 0) is 5.56 Å². The van der Waals surface area contributed by atoms with Crippen LogP contribution in [0.1, 0.15) is 5.56 Å². The molecule has 0 atom stereocenters. The van der Waals surface area contributed by atoms with Gasteiger partial charge in [0.05, 0.1) is 18.4 Å². The Morgan fingerprint density at radius 1 is 1.33 bits per heavy atom. The molecule has 4 heteroatoms. The first-order valence-electron chi connectivity index (χ1n) is 4.75. The molecule has 1 aromatic carbocycles. The lowest BCUT2D eigenvalue weighted by molar-refractivity contribution is -0.0730. The van der Waals surface area contributed by atoms with E-state index in [1.165, 1.54) is 0 Å². The SMILES string of the molecule is CN(O)Cc1cn[nH]c1-c1ccccc1. The molecule has 2 aromatic rings. The first-order valence-corrected chi connectivity index (χ1v) is 4.75. The van der Waals surface area contributed by atoms with Crippen molar-refractivity contribution in [3.05, 3.63) is 42.1 Å². The number of aromatic nitrogens is 2. The molecule has 0 unspecified atom stereocenters. The normalized spacial score (nSPS) is 10.9. The Balaban J connectivity index is 2.33. The third kappa shape index (κ3) is 2.23. The van der Waals surface area contributed by atoms with Gasteiger partial charge in [0.25, 0.3) is 0 Å². The van der Waals surface area contributed by atoms with Gasteiger partial charge in [0.2, 0.25) is 0 Å². The van der Waals surface area contributed by atoms with Gasteiger partial charge in [0.15, 0.2) is 0 Å². The quantitative estimate of drug-likeness (QED) is 0.749. The Kier molecular flexibility index (Phi) is 2.80. The number of benzene rings is 1. The molecule has 0 fully saturated rings. The van der Waals surface area contributed by atoms with Crippen LogP contribution in [0.15, 0.2) is 36.5 Å². The van der Waals surface area contributed by atoms with Crippen LogP contribution in [-0.2, 0) is 6.54 Å². The fraction of sp³-hybridized carbons (Fsp3) is 0.182. The van der Waals surface area contributed by atoms with Crippen molar-refractivity contribution in [2.45, 2.75) is 6.54 Å². The third-order valence-corrected chi connectivity index (χ3v) is 2.18. The first-order chi connectivity index (χ1) is 7.27. The average Bonchev–Trinajstić information content (AvgIpc) is 2.66. The van der Waals surface area contributed by atoms with Crippen LogP contribution in [0.4, 0.5) is 0 Å². The second-order valence-electron chi connectivity index (χ2n) is 3.45. The van der Waals surface area contributed by atoms with Gasteiger partial charge in [-0.25, -0.2) is 0 Å². The maximum atomic E-state index is 9.19. The molecule has 78 valence electrons. The van der Waals surface area contributed by atoms with Gasteiger partial charge in [-0.2, -0.15) is 10.2 Å². The fourth-order valence-corrected chi connectivity index (χ4v) is 1.53. The summed E-state index contributed by atoms with van der Waals surface area (Å²) in [6.45, 7) is 0.459. The average molecular weight is 203 g/mol. The van der Waals surface area contributed by atoms with E-state index in [0.29, 0.717) is 6.54 Å². The van der Waals surface area contributed by atoms with Crippen molar-refractivity contribution in [1.29, 1.82) is 0 Å². The predicted octanol–water partition coefficient (Wildman–Crippen LogP) is 1.90. The maximum Gasteiger partial charge on any atom is 0.0696 e. The molecule has 4 nitrogen and oxygen atoms in total. The Labute approximate surface area is 88.1 Å². The van der Waals surface area contributed by atoms with E-state index in [2.05, 4.69) is 10.2 Å². The first kappa shape index (κ1) is 9.89. The van der Waals surface area contributed by atoms with E-state index >= 15 is 0 Å². The summed E-state index contributed by atoms with van der Waals surface area (Å²) in [6, 6.07) is 9.94. The number of rotatable bonds is 3. The molecular formula is C11H13N3O. The summed E-state index contributed by atoms with van der Waals surface area (Å²) >= 11 is 0. The van der Waals surface area contributed by atoms with Crippen LogP contribution in [0.3, 0.4) is 0 Å². The highest BCUT2D eigenvalue weighted by Gasteiger charge is 2.08. The van der Waals surface area contributed by atoms with Crippen LogP contribution >= 0.6 is 0 Å². The number of nitrogens with zero attached hydrogens (tertiary/aromatic N) is 2. The van der Waals surface area contributed by atoms with Crippen molar-refractivity contribution in [1.82, 2.24) is 15.3 Å². The Bertz CT molecular complexity index is 422. The van der Waals surface area contributed by atoms with Gasteiger partial charge in [0.1, 0.15) is 0 Å². The molecule has 15 heavy (non-hydrogen) atoms. The lowest BCUT2D eigenvalue weighted by Gasteiger charge is -2.07. The summed E-state index contributed by atoms with van der Waals surface area (Å²) in [5.41, 5.74) is 3.01. The second kappa shape index (κ2) is 4.25. The number of nitrogens with one attached hydrogen (secondary N) is 1. The molecule has 0 spiro atoms. The lowest BCUT2D eigenvalue weighted by Crippen LogP contribution is -2.11. The largest absolute Gasteiger partial charge is 0.314 e. The van der Waals surface area contributed by atoms with Crippen molar-refractivity contribution in [3.8, 4) is 11.3 Å². The summed E-state index contributed by atoms with van der Waals surface area (Å²) in [7, 11) is 1.61. The van der Waals surface area contributed by atoms with E-state index in [1.807, 2.05) is 30.3 Å². The minimum Gasteiger partial charge on any atom is -0.314 e. The van der Waals surface area contributed by atoms with Gasteiger partial charge in [-0.1, -0.05) is 30.3 Å². The number of aromatic amines is 1. The van der Waals surface area contributed by atoms with E-state index in [4.69, 9.17) is 0 Å². The number of hydrogen-bond acceptors (Lipinski definition) is 3. The monoisotopic (exact) mass is 203 g/mol. The van der Waals surface area contributed by atoms with E-state index in [1.54, 1.807) is 13.2 Å². The highest BCUT2D eigenvalue weighted by atomic mass is 16.5. The van der Waals surface area contributed by atoms with E-state index < -0.39 is 0 Å². The highest BCUT2D eigenvalue weighted by Crippen LogP contribution is 2.20. The van der Waals surface area contributed by atoms with Crippen molar-refractivity contribution < 1.29 is 5.21 Å². The van der Waals surface area contributed by atoms with E-state index in [0.717, 1.165) is 21.9 Å². The van der Waals surface area contributed by atoms with Gasteiger partial charge < -0.3 is 5.21 Å². The molecule has 0 bridgehead atoms. The molecule has 1 heterocycles. The van der Waals surface area contributed by atoms with E-state index in [9.17, 15) is 5.21 Å². The smallest absolute Gasteiger partial charge is 0.0696 e. The van der Waals surface area contributed by atoms with Crippen molar-refractivity contribution in [2.75, 3.05) is 7.05 Å². The lowest BCUT2D eigenvalue weighted by atomic mass is 10.1. The molecule has 0 saturated heterocycles. The minimum atomic E-state index is 0.459. The van der Waals surface area contributed by atoms with Crippen molar-refractivity contribution in [3.63, 3.8) is 0 Å². The molecule has 0 radical (unpaired) electrons. The van der Waals surface area contributed by atoms with Gasteiger partial charge >= 0.3 is 0 Å². The van der Waals surface area contributed by atoms with Crippen LogP contribution in [0.5, 0.6) is 0 Å². The van der Waals surface area contributed by atoms with Gasteiger partial charge in [0, 0.05) is 12.6 Å². The zero-order valence-electron chi connectivity index (χ0n) is 8.51. The summed E-state index contributed by atoms with van der Waals surface area (Å²) < 4.78 is 0. The topological polar surface area (TPSA) is 52.1 Å². The summed E-state index contributed by atoms with van der Waals surface area (Å²) in [6.07, 6.45) is 1.73. The third-order valence-electron chi connectivity index (χ3n) is 2.18. The van der Waals surface area contributed by atoms with Crippen LogP contribution in [0, 0.1) is 0 Å². The fourth-order valence-electron chi connectivity index (χ4n) is 1.53. The summed E-state index contributed by atoms with van der Waals surface area (Å²) in [5, 5.41) is 17.3. The summed E-state index contributed by atoms with van der Waals surface area (Å²) in [4.78, 5) is 0. The van der Waals surface area contributed by atoms with Crippen LogP contribution in [-0.4, -0.2) is 27.5 Å². The molecule has 1 aromatic heterocycles. The number of H-pyrrole nitrogens is 1. The Morgan fingerprint density at radius 3 is 2.73 bits per heavy atom. The van der Waals surface area contributed by atoms with Gasteiger partial charge in [-0.3, -0.25) is 5.10 Å². The molecule has 0 aliphatic rings. The zero-order chi connectivity index (χ0) is 10.7. The molecule has 0 saturated carbocycles. The minimum absolute atomic E-state index is 0.459. The molecule has 0 amide bonds. The molecule has 2 rings (SSSR count). The summed E-state index contributed by atoms with van der Waals surface area (Å²) in [5.74, 6) is 0. The Morgan fingerprint density at radius 2 is 2.07 bits per heavy atom. The molecular weight excluding hydrogens is 190 g/mol. The van der Waals surface area contributed by atoms with Crippen LogP contribution in [0.25, 0.3) is 11.3 Å². The number of hydrogen-bond donors (Lipinski definition) is 2. The standard InChI is InChI=1S/C11H13N3O/c1-14(15)8-10-7-12-13-11(10)9-5-3-2-4-6-9/h2-7,15H,8H2,1H3,(H,12,13). The molecule has 0 aliphatic carbocycles. The second-order valence-corrected chi connectivity index (χ2v) is 3.45.